The number of hydrogen-bond donors (Lipinski definition) is 1. The van der Waals surface area contributed by atoms with Crippen LogP contribution in [-0.4, -0.2) is 16.6 Å². The Labute approximate surface area is 106 Å². The van der Waals surface area contributed by atoms with Gasteiger partial charge in [-0.25, -0.2) is 4.98 Å². The molecule has 0 atom stereocenters. The molecule has 1 aromatic carbocycles. The molecule has 5 nitrogen and oxygen atoms in total. The zero-order valence-corrected chi connectivity index (χ0v) is 10.2. The maximum atomic E-state index is 5.59. The van der Waals surface area contributed by atoms with Gasteiger partial charge in [0.05, 0.1) is 6.61 Å². The van der Waals surface area contributed by atoms with E-state index >= 15 is 0 Å². The summed E-state index contributed by atoms with van der Waals surface area (Å²) in [7, 11) is 0. The maximum absolute atomic E-state index is 5.59. The average molecular weight is 245 g/mol. The van der Waals surface area contributed by atoms with Gasteiger partial charge in [0.25, 0.3) is 0 Å². The number of nitrogens with zero attached hydrogens (tertiary/aromatic N) is 2. The minimum absolute atomic E-state index is 0.258. The zero-order valence-electron chi connectivity index (χ0n) is 10.2. The average Bonchev–Trinajstić information content (AvgIpc) is 2.40. The van der Waals surface area contributed by atoms with Crippen LogP contribution in [-0.2, 0) is 0 Å². The first-order chi connectivity index (χ1) is 8.78. The van der Waals surface area contributed by atoms with Gasteiger partial charge in [-0.05, 0) is 30.7 Å². The third-order valence-electron chi connectivity index (χ3n) is 2.15. The molecule has 0 saturated heterocycles. The molecular weight excluding hydrogens is 230 g/mol. The van der Waals surface area contributed by atoms with E-state index in [0.29, 0.717) is 23.9 Å². The van der Waals surface area contributed by atoms with Gasteiger partial charge < -0.3 is 15.2 Å². The lowest BCUT2D eigenvalue weighted by Gasteiger charge is -2.06. The van der Waals surface area contributed by atoms with Gasteiger partial charge in [0, 0.05) is 18.0 Å². The summed E-state index contributed by atoms with van der Waals surface area (Å²) in [5.74, 6) is 1.15. The summed E-state index contributed by atoms with van der Waals surface area (Å²) in [6.07, 6.45) is 2.53. The van der Waals surface area contributed by atoms with Crippen molar-refractivity contribution in [1.29, 1.82) is 0 Å². The molecule has 2 aromatic rings. The lowest BCUT2D eigenvalue weighted by atomic mass is 10.3. The molecule has 0 radical (unpaired) electrons. The molecule has 1 heterocycles. The zero-order chi connectivity index (χ0) is 12.8. The molecule has 0 spiro atoms. The summed E-state index contributed by atoms with van der Waals surface area (Å²) in [5, 5.41) is 0. The molecule has 5 heteroatoms. The van der Waals surface area contributed by atoms with E-state index in [1.54, 1.807) is 36.5 Å². The van der Waals surface area contributed by atoms with Crippen LogP contribution in [0.2, 0.25) is 0 Å². The Hall–Kier alpha value is -2.30. The van der Waals surface area contributed by atoms with Crippen LogP contribution in [0.25, 0.3) is 0 Å². The van der Waals surface area contributed by atoms with Gasteiger partial charge in [-0.2, -0.15) is 4.98 Å². The number of benzene rings is 1. The molecule has 18 heavy (non-hydrogen) atoms. The van der Waals surface area contributed by atoms with Crippen molar-refractivity contribution in [2.24, 2.45) is 0 Å². The third-order valence-corrected chi connectivity index (χ3v) is 2.15. The quantitative estimate of drug-likeness (QED) is 0.820. The minimum atomic E-state index is 0.258. The number of nitrogens with two attached hydrogens (primary N) is 1. The van der Waals surface area contributed by atoms with E-state index in [1.807, 2.05) is 6.92 Å². The number of rotatable bonds is 5. The number of nitrogen functional groups attached to an aromatic ring is 1. The fourth-order valence-corrected chi connectivity index (χ4v) is 1.30. The van der Waals surface area contributed by atoms with Crippen molar-refractivity contribution >= 4 is 5.69 Å². The first-order valence-corrected chi connectivity index (χ1v) is 5.77. The highest BCUT2D eigenvalue weighted by molar-refractivity contribution is 5.42. The van der Waals surface area contributed by atoms with Gasteiger partial charge in [-0.1, -0.05) is 6.92 Å². The highest BCUT2D eigenvalue weighted by atomic mass is 16.5. The normalized spacial score (nSPS) is 10.1. The molecule has 94 valence electrons. The topological polar surface area (TPSA) is 70.3 Å². The molecule has 0 aliphatic rings. The second kappa shape index (κ2) is 5.86. The standard InChI is InChI=1S/C13H15N3O2/c1-2-9-17-12-7-8-15-13(16-12)18-11-5-3-10(14)4-6-11/h3-8H,2,9,14H2,1H3. The summed E-state index contributed by atoms with van der Waals surface area (Å²) < 4.78 is 10.9. The summed E-state index contributed by atoms with van der Waals surface area (Å²) >= 11 is 0. The van der Waals surface area contributed by atoms with Gasteiger partial charge in [0.15, 0.2) is 0 Å². The Kier molecular flexibility index (Phi) is 3.96. The number of aromatic nitrogens is 2. The lowest BCUT2D eigenvalue weighted by Crippen LogP contribution is -1.99. The Morgan fingerprint density at radius 3 is 2.67 bits per heavy atom. The predicted octanol–water partition coefficient (Wildman–Crippen LogP) is 2.64. The molecule has 0 fully saturated rings. The van der Waals surface area contributed by atoms with E-state index in [4.69, 9.17) is 15.2 Å². The number of anilines is 1. The summed E-state index contributed by atoms with van der Waals surface area (Å²) in [6, 6.07) is 9.00. The summed E-state index contributed by atoms with van der Waals surface area (Å²) in [6.45, 7) is 2.66. The van der Waals surface area contributed by atoms with Crippen LogP contribution in [0.4, 0.5) is 5.69 Å². The van der Waals surface area contributed by atoms with E-state index in [1.165, 1.54) is 0 Å². The Balaban J connectivity index is 2.06. The third kappa shape index (κ3) is 3.35. The van der Waals surface area contributed by atoms with Crippen molar-refractivity contribution < 1.29 is 9.47 Å². The molecule has 1 aromatic heterocycles. The lowest BCUT2D eigenvalue weighted by molar-refractivity contribution is 0.298. The highest BCUT2D eigenvalue weighted by Crippen LogP contribution is 2.20. The summed E-state index contributed by atoms with van der Waals surface area (Å²) in [4.78, 5) is 8.16. The highest BCUT2D eigenvalue weighted by Gasteiger charge is 2.02. The molecule has 0 amide bonds. The van der Waals surface area contributed by atoms with E-state index in [0.717, 1.165) is 6.42 Å². The monoisotopic (exact) mass is 245 g/mol. The second-order valence-corrected chi connectivity index (χ2v) is 3.70. The van der Waals surface area contributed by atoms with Crippen LogP contribution in [0, 0.1) is 0 Å². The largest absolute Gasteiger partial charge is 0.478 e. The van der Waals surface area contributed by atoms with E-state index in [2.05, 4.69) is 9.97 Å². The molecule has 0 bridgehead atoms. The van der Waals surface area contributed by atoms with Gasteiger partial charge in [-0.3, -0.25) is 0 Å². The van der Waals surface area contributed by atoms with Crippen LogP contribution in [0.3, 0.4) is 0 Å². The molecule has 0 saturated carbocycles. The molecule has 0 aliphatic carbocycles. The second-order valence-electron chi connectivity index (χ2n) is 3.70. The van der Waals surface area contributed by atoms with Crippen LogP contribution < -0.4 is 15.2 Å². The van der Waals surface area contributed by atoms with E-state index < -0.39 is 0 Å². The SMILES string of the molecule is CCCOc1ccnc(Oc2ccc(N)cc2)n1. The van der Waals surface area contributed by atoms with Crippen LogP contribution in [0.15, 0.2) is 36.5 Å². The molecule has 2 rings (SSSR count). The summed E-state index contributed by atoms with van der Waals surface area (Å²) in [5.41, 5.74) is 6.28. The molecular formula is C13H15N3O2. The van der Waals surface area contributed by atoms with E-state index in [-0.39, 0.29) is 6.01 Å². The fourth-order valence-electron chi connectivity index (χ4n) is 1.30. The van der Waals surface area contributed by atoms with Gasteiger partial charge >= 0.3 is 6.01 Å². The Bertz CT molecular complexity index is 500. The molecule has 2 N–H and O–H groups in total. The molecule has 0 aliphatic heterocycles. The van der Waals surface area contributed by atoms with Crippen molar-refractivity contribution in [2.45, 2.75) is 13.3 Å². The van der Waals surface area contributed by atoms with E-state index in [9.17, 15) is 0 Å². The Morgan fingerprint density at radius 2 is 1.94 bits per heavy atom. The van der Waals surface area contributed by atoms with Crippen LogP contribution in [0.1, 0.15) is 13.3 Å². The van der Waals surface area contributed by atoms with Crippen LogP contribution >= 0.6 is 0 Å². The van der Waals surface area contributed by atoms with Crippen molar-refractivity contribution in [3.63, 3.8) is 0 Å². The fraction of sp³-hybridized carbons (Fsp3) is 0.231. The first-order valence-electron chi connectivity index (χ1n) is 5.77. The van der Waals surface area contributed by atoms with Gasteiger partial charge in [-0.15, -0.1) is 0 Å². The van der Waals surface area contributed by atoms with Gasteiger partial charge in [0.2, 0.25) is 5.88 Å². The van der Waals surface area contributed by atoms with Crippen LogP contribution in [0.5, 0.6) is 17.6 Å². The van der Waals surface area contributed by atoms with Crippen molar-refractivity contribution in [3.05, 3.63) is 36.5 Å². The smallest absolute Gasteiger partial charge is 0.325 e. The molecule has 0 unspecified atom stereocenters. The number of hydrogen-bond acceptors (Lipinski definition) is 5. The van der Waals surface area contributed by atoms with Crippen molar-refractivity contribution in [1.82, 2.24) is 9.97 Å². The first kappa shape index (κ1) is 12.2. The van der Waals surface area contributed by atoms with Crippen molar-refractivity contribution in [3.8, 4) is 17.6 Å². The Morgan fingerprint density at radius 1 is 1.17 bits per heavy atom. The maximum Gasteiger partial charge on any atom is 0.325 e. The van der Waals surface area contributed by atoms with Gasteiger partial charge in [0.1, 0.15) is 5.75 Å². The minimum Gasteiger partial charge on any atom is -0.478 e. The number of ether oxygens (including phenoxy) is 2. The predicted molar refractivity (Wildman–Crippen MR) is 68.7 cm³/mol. The van der Waals surface area contributed by atoms with Crippen molar-refractivity contribution in [2.75, 3.05) is 12.3 Å².